The van der Waals surface area contributed by atoms with E-state index in [1.165, 1.54) is 38.2 Å². The molecule has 0 aromatic carbocycles. The van der Waals surface area contributed by atoms with Crippen LogP contribution >= 0.6 is 11.8 Å². The predicted octanol–water partition coefficient (Wildman–Crippen LogP) is 1.91. The number of nitrogens with zero attached hydrogens (tertiary/aromatic N) is 1. The highest BCUT2D eigenvalue weighted by Gasteiger charge is 2.40. The Labute approximate surface area is 91.8 Å². The molecular weight excluding hydrogens is 192 g/mol. The Kier molecular flexibility index (Phi) is 2.84. The molecule has 0 saturated carbocycles. The van der Waals surface area contributed by atoms with Gasteiger partial charge in [-0.25, -0.2) is 0 Å². The molecule has 2 rings (SSSR count). The first kappa shape index (κ1) is 10.8. The Balaban J connectivity index is 2.03. The zero-order chi connectivity index (χ0) is 10.2. The molecule has 82 valence electrons. The molecule has 0 amide bonds. The van der Waals surface area contributed by atoms with Crippen molar-refractivity contribution in [2.24, 2.45) is 0 Å². The summed E-state index contributed by atoms with van der Waals surface area (Å²) in [5.41, 5.74) is 0.332. The van der Waals surface area contributed by atoms with Gasteiger partial charge in [0.1, 0.15) is 0 Å². The Hall–Kier alpha value is 0.270. The Morgan fingerprint density at radius 2 is 2.14 bits per heavy atom. The standard InChI is InChI=1S/C11H22N2S/c1-10(2,3)13-7-4-5-11(9-13)12-6-8-14-11/h12H,4-9H2,1-3H3. The molecule has 1 N–H and O–H groups in total. The van der Waals surface area contributed by atoms with Crippen LogP contribution in [0, 0.1) is 0 Å². The van der Waals surface area contributed by atoms with Crippen LogP contribution in [0.5, 0.6) is 0 Å². The maximum atomic E-state index is 3.70. The Bertz CT molecular complexity index is 204. The van der Waals surface area contributed by atoms with Gasteiger partial charge >= 0.3 is 0 Å². The Morgan fingerprint density at radius 3 is 2.71 bits per heavy atom. The lowest BCUT2D eigenvalue weighted by Crippen LogP contribution is -2.57. The SMILES string of the molecule is CC(C)(C)N1CCCC2(C1)NCCS2. The van der Waals surface area contributed by atoms with Gasteiger partial charge in [0.05, 0.1) is 4.87 Å². The molecule has 0 aliphatic carbocycles. The molecule has 2 fully saturated rings. The van der Waals surface area contributed by atoms with Crippen LogP contribution in [0.3, 0.4) is 0 Å². The lowest BCUT2D eigenvalue weighted by Gasteiger charge is -2.46. The molecule has 1 unspecified atom stereocenters. The van der Waals surface area contributed by atoms with Crippen molar-refractivity contribution in [1.82, 2.24) is 10.2 Å². The fourth-order valence-corrected chi connectivity index (χ4v) is 3.77. The molecule has 0 radical (unpaired) electrons. The van der Waals surface area contributed by atoms with Gasteiger partial charge in [0, 0.05) is 24.4 Å². The summed E-state index contributed by atoms with van der Waals surface area (Å²) in [6, 6.07) is 0. The van der Waals surface area contributed by atoms with Gasteiger partial charge in [-0.1, -0.05) is 0 Å². The average molecular weight is 214 g/mol. The van der Waals surface area contributed by atoms with Crippen LogP contribution in [0.25, 0.3) is 0 Å². The number of likely N-dealkylation sites (tertiary alicyclic amines) is 1. The van der Waals surface area contributed by atoms with Crippen molar-refractivity contribution in [1.29, 1.82) is 0 Å². The van der Waals surface area contributed by atoms with Crippen molar-refractivity contribution in [3.05, 3.63) is 0 Å². The summed E-state index contributed by atoms with van der Waals surface area (Å²) in [5.74, 6) is 1.29. The summed E-state index contributed by atoms with van der Waals surface area (Å²) in [6.07, 6.45) is 2.70. The third-order valence-electron chi connectivity index (χ3n) is 3.33. The monoisotopic (exact) mass is 214 g/mol. The van der Waals surface area contributed by atoms with Gasteiger partial charge in [-0.15, -0.1) is 11.8 Å². The van der Waals surface area contributed by atoms with E-state index >= 15 is 0 Å². The van der Waals surface area contributed by atoms with E-state index in [-0.39, 0.29) is 0 Å². The van der Waals surface area contributed by atoms with Gasteiger partial charge in [0.15, 0.2) is 0 Å². The summed E-state index contributed by atoms with van der Waals surface area (Å²) in [4.78, 5) is 3.02. The normalized spacial score (nSPS) is 35.4. The second-order valence-electron chi connectivity index (χ2n) is 5.47. The van der Waals surface area contributed by atoms with E-state index in [4.69, 9.17) is 0 Å². The lowest BCUT2D eigenvalue weighted by molar-refractivity contribution is 0.0837. The van der Waals surface area contributed by atoms with Crippen LogP contribution in [-0.4, -0.2) is 40.7 Å². The third kappa shape index (κ3) is 2.10. The zero-order valence-electron chi connectivity index (χ0n) is 9.60. The van der Waals surface area contributed by atoms with Crippen LogP contribution in [0.4, 0.5) is 0 Å². The quantitative estimate of drug-likeness (QED) is 0.663. The van der Waals surface area contributed by atoms with Crippen LogP contribution in [0.2, 0.25) is 0 Å². The second-order valence-corrected chi connectivity index (χ2v) is 6.94. The van der Waals surface area contributed by atoms with Crippen molar-refractivity contribution in [2.45, 2.75) is 44.0 Å². The third-order valence-corrected chi connectivity index (χ3v) is 4.77. The zero-order valence-corrected chi connectivity index (χ0v) is 10.4. The minimum atomic E-state index is 0.332. The first-order valence-corrected chi connectivity index (χ1v) is 6.65. The van der Waals surface area contributed by atoms with E-state index < -0.39 is 0 Å². The van der Waals surface area contributed by atoms with Crippen molar-refractivity contribution >= 4 is 11.8 Å². The molecular formula is C11H22N2S. The van der Waals surface area contributed by atoms with Gasteiger partial charge in [-0.3, -0.25) is 4.90 Å². The first-order valence-electron chi connectivity index (χ1n) is 5.66. The van der Waals surface area contributed by atoms with Crippen LogP contribution in [0.15, 0.2) is 0 Å². The van der Waals surface area contributed by atoms with Gasteiger partial charge < -0.3 is 5.32 Å². The van der Waals surface area contributed by atoms with Gasteiger partial charge in [-0.05, 0) is 40.2 Å². The van der Waals surface area contributed by atoms with E-state index in [0.717, 1.165) is 0 Å². The molecule has 0 bridgehead atoms. The number of piperidine rings is 1. The number of hydrogen-bond donors (Lipinski definition) is 1. The summed E-state index contributed by atoms with van der Waals surface area (Å²) in [6.45, 7) is 10.7. The number of nitrogens with one attached hydrogen (secondary N) is 1. The highest BCUT2D eigenvalue weighted by atomic mass is 32.2. The van der Waals surface area contributed by atoms with E-state index in [9.17, 15) is 0 Å². The fourth-order valence-electron chi connectivity index (χ4n) is 2.43. The molecule has 2 aliphatic heterocycles. The molecule has 2 nitrogen and oxygen atoms in total. The number of rotatable bonds is 0. The molecule has 0 aromatic rings. The van der Waals surface area contributed by atoms with Gasteiger partial charge in [0.25, 0.3) is 0 Å². The molecule has 2 saturated heterocycles. The molecule has 2 aliphatic rings. The molecule has 14 heavy (non-hydrogen) atoms. The van der Waals surface area contributed by atoms with E-state index in [1.807, 2.05) is 0 Å². The van der Waals surface area contributed by atoms with Crippen LogP contribution in [0.1, 0.15) is 33.6 Å². The lowest BCUT2D eigenvalue weighted by atomic mass is 9.98. The maximum absolute atomic E-state index is 3.70. The molecule has 1 spiro atoms. The summed E-state index contributed by atoms with van der Waals surface area (Å²) in [7, 11) is 0. The van der Waals surface area contributed by atoms with Crippen LogP contribution < -0.4 is 5.32 Å². The highest BCUT2D eigenvalue weighted by Crippen LogP contribution is 2.37. The summed E-state index contributed by atoms with van der Waals surface area (Å²) < 4.78 is 0. The van der Waals surface area contributed by atoms with Crippen molar-refractivity contribution < 1.29 is 0 Å². The smallest absolute Gasteiger partial charge is 0.0775 e. The van der Waals surface area contributed by atoms with Crippen LogP contribution in [-0.2, 0) is 0 Å². The van der Waals surface area contributed by atoms with Crippen molar-refractivity contribution in [2.75, 3.05) is 25.4 Å². The van der Waals surface area contributed by atoms with Crippen molar-refractivity contribution in [3.8, 4) is 0 Å². The number of hydrogen-bond acceptors (Lipinski definition) is 3. The predicted molar refractivity (Wildman–Crippen MR) is 63.8 cm³/mol. The minimum Gasteiger partial charge on any atom is -0.301 e. The minimum absolute atomic E-state index is 0.332. The highest BCUT2D eigenvalue weighted by molar-refractivity contribution is 8.00. The maximum Gasteiger partial charge on any atom is 0.0775 e. The first-order chi connectivity index (χ1) is 6.52. The van der Waals surface area contributed by atoms with Crippen molar-refractivity contribution in [3.63, 3.8) is 0 Å². The molecule has 0 aromatic heterocycles. The fraction of sp³-hybridized carbons (Fsp3) is 1.00. The van der Waals surface area contributed by atoms with Gasteiger partial charge in [0.2, 0.25) is 0 Å². The number of thioether (sulfide) groups is 1. The molecule has 2 heterocycles. The summed E-state index contributed by atoms with van der Waals surface area (Å²) in [5, 5.41) is 3.70. The largest absolute Gasteiger partial charge is 0.301 e. The molecule has 3 heteroatoms. The van der Waals surface area contributed by atoms with Gasteiger partial charge in [-0.2, -0.15) is 0 Å². The second kappa shape index (κ2) is 3.69. The van der Waals surface area contributed by atoms with E-state index in [2.05, 4.69) is 42.7 Å². The van der Waals surface area contributed by atoms with E-state index in [1.54, 1.807) is 0 Å². The average Bonchev–Trinajstić information content (AvgIpc) is 2.52. The summed E-state index contributed by atoms with van der Waals surface area (Å²) >= 11 is 2.13. The Morgan fingerprint density at radius 1 is 1.36 bits per heavy atom. The van der Waals surface area contributed by atoms with E-state index in [0.29, 0.717) is 10.4 Å². The molecule has 1 atom stereocenters. The topological polar surface area (TPSA) is 15.3 Å².